The first-order chi connectivity index (χ1) is 6.76. The summed E-state index contributed by atoms with van der Waals surface area (Å²) in [6.07, 6.45) is -4.54. The van der Waals surface area contributed by atoms with Gasteiger partial charge in [-0.2, -0.15) is 13.2 Å². The lowest BCUT2D eigenvalue weighted by molar-refractivity contribution is -0.0862. The zero-order chi connectivity index (χ0) is 11.7. The lowest BCUT2D eigenvalue weighted by atomic mass is 10.4. The Morgan fingerprint density at radius 2 is 1.73 bits per heavy atom. The number of rotatable bonds is 2. The van der Waals surface area contributed by atoms with Crippen LogP contribution in [0, 0.1) is 0 Å². The maximum Gasteiger partial charge on any atom is 0.411 e. The van der Waals surface area contributed by atoms with Crippen LogP contribution in [0.4, 0.5) is 13.2 Å². The highest BCUT2D eigenvalue weighted by Gasteiger charge is 2.46. The van der Waals surface area contributed by atoms with Gasteiger partial charge in [0.25, 0.3) is 8.32 Å². The summed E-state index contributed by atoms with van der Waals surface area (Å²) in [4.78, 5) is 9.91. The summed E-state index contributed by atoms with van der Waals surface area (Å²) in [6, 6.07) is 7.86. The molecule has 5 heteroatoms. The van der Waals surface area contributed by atoms with Crippen molar-refractivity contribution in [2.45, 2.75) is 12.7 Å². The zero-order valence-electron chi connectivity index (χ0n) is 8.17. The molecule has 0 fully saturated rings. The monoisotopic (exact) mass is 232 g/mol. The lowest BCUT2D eigenvalue weighted by Gasteiger charge is -2.24. The number of benzene rings is 1. The maximum atomic E-state index is 12.4. The van der Waals surface area contributed by atoms with E-state index in [1.54, 1.807) is 18.2 Å². The molecule has 1 nitrogen and oxygen atoms in total. The lowest BCUT2D eigenvalue weighted by Crippen LogP contribution is -2.51. The predicted octanol–water partition coefficient (Wildman–Crippen LogP) is 2.12. The fourth-order valence-corrected chi connectivity index (χ4v) is 2.95. The Morgan fingerprint density at radius 3 is 2.13 bits per heavy atom. The smallest absolute Gasteiger partial charge is 0.411 e. The number of alkyl halides is 3. The Kier molecular flexibility index (Phi) is 3.06. The van der Waals surface area contributed by atoms with Crippen LogP contribution in [0.1, 0.15) is 0 Å². The van der Waals surface area contributed by atoms with Crippen LogP contribution in [0.15, 0.2) is 42.1 Å². The molecule has 1 atom stereocenters. The van der Waals surface area contributed by atoms with E-state index in [-0.39, 0.29) is 0 Å². The number of hydrogen-bond acceptors (Lipinski definition) is 1. The van der Waals surface area contributed by atoms with Crippen LogP contribution in [0.2, 0.25) is 6.55 Å². The van der Waals surface area contributed by atoms with Gasteiger partial charge in [-0.05, 0) is 11.7 Å². The SMILES string of the molecule is C=C(C(F)(F)F)[Si](C)(O)c1ccccc1. The molecular weight excluding hydrogens is 221 g/mol. The fraction of sp³-hybridized carbons (Fsp3) is 0.200. The first kappa shape index (κ1) is 12.0. The average Bonchev–Trinajstić information content (AvgIpc) is 2.16. The van der Waals surface area contributed by atoms with E-state index in [9.17, 15) is 18.0 Å². The molecule has 0 aliphatic heterocycles. The number of hydrogen-bond donors (Lipinski definition) is 1. The highest BCUT2D eigenvalue weighted by atomic mass is 28.4. The Labute approximate surface area is 87.0 Å². The van der Waals surface area contributed by atoms with Crippen LogP contribution in [-0.4, -0.2) is 19.3 Å². The largest absolute Gasteiger partial charge is 0.424 e. The summed E-state index contributed by atoms with van der Waals surface area (Å²) in [7, 11) is -3.64. The van der Waals surface area contributed by atoms with Crippen LogP contribution >= 0.6 is 0 Å². The summed E-state index contributed by atoms with van der Waals surface area (Å²) in [5, 5.41) is -0.714. The molecule has 0 aliphatic carbocycles. The molecule has 1 rings (SSSR count). The van der Waals surface area contributed by atoms with Gasteiger partial charge >= 0.3 is 6.18 Å². The molecule has 0 aromatic heterocycles. The molecule has 0 saturated carbocycles. The van der Waals surface area contributed by atoms with Crippen LogP contribution in [-0.2, 0) is 0 Å². The third-order valence-corrected chi connectivity index (χ3v) is 5.18. The van der Waals surface area contributed by atoms with Gasteiger partial charge in [-0.25, -0.2) is 0 Å². The second-order valence-electron chi connectivity index (χ2n) is 3.41. The van der Waals surface area contributed by atoms with E-state index in [0.29, 0.717) is 5.19 Å². The fourth-order valence-electron chi connectivity index (χ4n) is 1.21. The highest BCUT2D eigenvalue weighted by molar-refractivity contribution is 6.90. The van der Waals surface area contributed by atoms with E-state index in [4.69, 9.17) is 0 Å². The van der Waals surface area contributed by atoms with Crippen molar-refractivity contribution in [2.24, 2.45) is 0 Å². The van der Waals surface area contributed by atoms with Gasteiger partial charge < -0.3 is 4.80 Å². The van der Waals surface area contributed by atoms with E-state index >= 15 is 0 Å². The molecule has 0 heterocycles. The molecule has 0 amide bonds. The van der Waals surface area contributed by atoms with Crippen molar-refractivity contribution in [3.63, 3.8) is 0 Å². The molecule has 1 N–H and O–H groups in total. The van der Waals surface area contributed by atoms with E-state index in [0.717, 1.165) is 0 Å². The average molecular weight is 232 g/mol. The third kappa shape index (κ3) is 2.48. The minimum Gasteiger partial charge on any atom is -0.424 e. The maximum absolute atomic E-state index is 12.4. The van der Waals surface area contributed by atoms with Crippen molar-refractivity contribution in [1.29, 1.82) is 0 Å². The first-order valence-electron chi connectivity index (χ1n) is 4.30. The molecule has 0 radical (unpaired) electrons. The van der Waals surface area contributed by atoms with Crippen molar-refractivity contribution >= 4 is 13.5 Å². The molecule has 1 aromatic carbocycles. The van der Waals surface area contributed by atoms with Crippen LogP contribution < -0.4 is 5.19 Å². The van der Waals surface area contributed by atoms with Crippen LogP contribution in [0.5, 0.6) is 0 Å². The number of halogens is 3. The van der Waals surface area contributed by atoms with Gasteiger partial charge in [0, 0.05) is 5.20 Å². The van der Waals surface area contributed by atoms with Gasteiger partial charge in [0.15, 0.2) is 0 Å². The first-order valence-corrected chi connectivity index (χ1v) is 6.75. The molecule has 1 aromatic rings. The zero-order valence-corrected chi connectivity index (χ0v) is 9.17. The summed E-state index contributed by atoms with van der Waals surface area (Å²) in [5.74, 6) is 0. The minimum absolute atomic E-state index is 0.312. The Hall–Kier alpha value is -1.07. The normalized spacial score (nSPS) is 15.8. The second-order valence-corrected chi connectivity index (χ2v) is 6.74. The predicted molar refractivity (Wildman–Crippen MR) is 55.1 cm³/mol. The quantitative estimate of drug-likeness (QED) is 0.774. The van der Waals surface area contributed by atoms with Crippen molar-refractivity contribution in [3.05, 3.63) is 42.1 Å². The van der Waals surface area contributed by atoms with Crippen LogP contribution in [0.25, 0.3) is 0 Å². The van der Waals surface area contributed by atoms with Gasteiger partial charge in [0.1, 0.15) is 0 Å². The summed E-state index contributed by atoms with van der Waals surface area (Å²) in [5.41, 5.74) is 0. The topological polar surface area (TPSA) is 20.2 Å². The van der Waals surface area contributed by atoms with Gasteiger partial charge in [0.2, 0.25) is 0 Å². The molecule has 15 heavy (non-hydrogen) atoms. The van der Waals surface area contributed by atoms with E-state index in [1.165, 1.54) is 18.7 Å². The molecule has 0 bridgehead atoms. The molecule has 1 unspecified atom stereocenters. The Bertz CT molecular complexity index is 357. The highest BCUT2D eigenvalue weighted by Crippen LogP contribution is 2.29. The molecule has 0 spiro atoms. The van der Waals surface area contributed by atoms with E-state index < -0.39 is 19.7 Å². The van der Waals surface area contributed by atoms with Gasteiger partial charge in [-0.3, -0.25) is 0 Å². The second kappa shape index (κ2) is 3.82. The standard InChI is InChI=1S/C10H11F3OSi/c1-8(10(11,12)13)15(2,14)9-6-4-3-5-7-9/h3-7,14H,1H2,2H3. The van der Waals surface area contributed by atoms with Crippen molar-refractivity contribution < 1.29 is 18.0 Å². The Balaban J connectivity index is 3.09. The third-order valence-electron chi connectivity index (χ3n) is 2.27. The molecule has 0 aliphatic rings. The number of allylic oxidation sites excluding steroid dienone is 1. The van der Waals surface area contributed by atoms with Crippen molar-refractivity contribution in [1.82, 2.24) is 0 Å². The van der Waals surface area contributed by atoms with Crippen molar-refractivity contribution in [3.8, 4) is 0 Å². The molecule has 82 valence electrons. The molecule has 0 saturated heterocycles. The Morgan fingerprint density at radius 1 is 1.27 bits per heavy atom. The summed E-state index contributed by atoms with van der Waals surface area (Å²) in [6.45, 7) is 4.18. The molecular formula is C10H11F3OSi. The summed E-state index contributed by atoms with van der Waals surface area (Å²) >= 11 is 0. The van der Waals surface area contributed by atoms with Crippen molar-refractivity contribution in [2.75, 3.05) is 0 Å². The van der Waals surface area contributed by atoms with E-state index in [2.05, 4.69) is 6.58 Å². The summed E-state index contributed by atoms with van der Waals surface area (Å²) < 4.78 is 37.2. The van der Waals surface area contributed by atoms with Gasteiger partial charge in [-0.15, -0.1) is 0 Å². The van der Waals surface area contributed by atoms with Crippen LogP contribution in [0.3, 0.4) is 0 Å². The van der Waals surface area contributed by atoms with E-state index in [1.807, 2.05) is 0 Å². The minimum atomic E-state index is -4.54. The van der Waals surface area contributed by atoms with Gasteiger partial charge in [-0.1, -0.05) is 36.9 Å². The van der Waals surface area contributed by atoms with Gasteiger partial charge in [0.05, 0.1) is 0 Å².